The summed E-state index contributed by atoms with van der Waals surface area (Å²) in [7, 11) is 0. The molecule has 1 N–H and O–H groups in total. The number of hydrogen-bond donors (Lipinski definition) is 1. The van der Waals surface area contributed by atoms with Gasteiger partial charge in [-0.25, -0.2) is 9.37 Å². The molecule has 206 valence electrons. The molecule has 3 heterocycles. The Balaban J connectivity index is 1.40. The van der Waals surface area contributed by atoms with Gasteiger partial charge >= 0.3 is 0 Å². The summed E-state index contributed by atoms with van der Waals surface area (Å²) >= 11 is 0. The Morgan fingerprint density at radius 3 is 2.50 bits per heavy atom. The van der Waals surface area contributed by atoms with Crippen LogP contribution >= 0.6 is 0 Å². The van der Waals surface area contributed by atoms with Gasteiger partial charge in [-0.15, -0.1) is 0 Å². The fourth-order valence-corrected chi connectivity index (χ4v) is 5.31. The molecule has 5 rings (SSSR count). The number of carbonyl (C=O) groups is 2. The molecule has 40 heavy (non-hydrogen) atoms. The standard InChI is InChI=1S/C32H32F2N4O2/c1-19(2)24-14-15-27(36-31(24)34)30(21-8-5-4-6-9-21)37-32(40)28-17-23(33)18-38(28)29(39)16-22-10-7-11-26-25(22)13-12-20(3)35-26/h4-15,19,23,28,30H,16-18H2,1-3H3,(H,37,40). The van der Waals surface area contributed by atoms with E-state index < -0.39 is 30.1 Å². The predicted octanol–water partition coefficient (Wildman–Crippen LogP) is 5.59. The number of fused-ring (bicyclic) bond motifs is 1. The SMILES string of the molecule is Cc1ccc2c(CC(=O)N3CC(F)CC3C(=O)NC(c3ccccc3)c3ccc(C(C)C)c(F)n3)cccc2n1. The van der Waals surface area contributed by atoms with Crippen molar-refractivity contribution in [3.8, 4) is 0 Å². The van der Waals surface area contributed by atoms with Gasteiger partial charge < -0.3 is 10.2 Å². The van der Waals surface area contributed by atoms with Crippen LogP contribution in [0.2, 0.25) is 0 Å². The van der Waals surface area contributed by atoms with Crippen molar-refractivity contribution in [2.75, 3.05) is 6.54 Å². The van der Waals surface area contributed by atoms with Crippen molar-refractivity contribution in [1.29, 1.82) is 0 Å². The number of likely N-dealkylation sites (tertiary alicyclic amines) is 1. The number of amides is 2. The fraction of sp³-hybridized carbons (Fsp3) is 0.312. The largest absolute Gasteiger partial charge is 0.342 e. The van der Waals surface area contributed by atoms with Crippen LogP contribution in [-0.4, -0.2) is 45.4 Å². The zero-order valence-electron chi connectivity index (χ0n) is 22.8. The molecule has 0 saturated carbocycles. The molecule has 0 spiro atoms. The molecular formula is C32H32F2N4O2. The molecule has 4 aromatic rings. The van der Waals surface area contributed by atoms with E-state index in [1.54, 1.807) is 12.1 Å². The van der Waals surface area contributed by atoms with Gasteiger partial charge in [0.05, 0.1) is 30.2 Å². The van der Waals surface area contributed by atoms with Crippen molar-refractivity contribution >= 4 is 22.7 Å². The molecule has 2 amide bonds. The zero-order chi connectivity index (χ0) is 28.4. The monoisotopic (exact) mass is 542 g/mol. The highest BCUT2D eigenvalue weighted by Gasteiger charge is 2.40. The summed E-state index contributed by atoms with van der Waals surface area (Å²) in [5.41, 5.74) is 3.92. The van der Waals surface area contributed by atoms with Gasteiger partial charge in [0.1, 0.15) is 12.2 Å². The minimum absolute atomic E-state index is 0.0180. The molecule has 0 radical (unpaired) electrons. The van der Waals surface area contributed by atoms with E-state index in [9.17, 15) is 18.4 Å². The van der Waals surface area contributed by atoms with Crippen LogP contribution in [0.4, 0.5) is 8.78 Å². The van der Waals surface area contributed by atoms with E-state index in [-0.39, 0.29) is 31.2 Å². The Morgan fingerprint density at radius 1 is 1.00 bits per heavy atom. The quantitative estimate of drug-likeness (QED) is 0.309. The van der Waals surface area contributed by atoms with Crippen LogP contribution in [0.25, 0.3) is 10.9 Å². The van der Waals surface area contributed by atoms with E-state index >= 15 is 0 Å². The Kier molecular flexibility index (Phi) is 7.87. The topological polar surface area (TPSA) is 75.2 Å². The average molecular weight is 543 g/mol. The van der Waals surface area contributed by atoms with Gasteiger partial charge in [-0.05, 0) is 42.2 Å². The van der Waals surface area contributed by atoms with E-state index in [0.717, 1.165) is 22.2 Å². The van der Waals surface area contributed by atoms with E-state index in [2.05, 4.69) is 15.3 Å². The molecule has 1 aliphatic rings. The highest BCUT2D eigenvalue weighted by molar-refractivity contribution is 5.92. The minimum atomic E-state index is -1.33. The summed E-state index contributed by atoms with van der Waals surface area (Å²) in [6, 6.07) is 20.1. The number of alkyl halides is 1. The van der Waals surface area contributed by atoms with E-state index in [4.69, 9.17) is 0 Å². The summed E-state index contributed by atoms with van der Waals surface area (Å²) in [6.45, 7) is 5.50. The van der Waals surface area contributed by atoms with Crippen molar-refractivity contribution in [2.24, 2.45) is 0 Å². The first kappa shape index (κ1) is 27.4. The van der Waals surface area contributed by atoms with E-state index in [0.29, 0.717) is 16.8 Å². The maximum absolute atomic E-state index is 14.8. The smallest absolute Gasteiger partial charge is 0.243 e. The molecule has 2 aromatic carbocycles. The highest BCUT2D eigenvalue weighted by Crippen LogP contribution is 2.28. The summed E-state index contributed by atoms with van der Waals surface area (Å²) in [4.78, 5) is 37.1. The summed E-state index contributed by atoms with van der Waals surface area (Å²) in [5.74, 6) is -1.49. The first-order chi connectivity index (χ1) is 19.2. The number of carbonyl (C=O) groups excluding carboxylic acids is 2. The second kappa shape index (κ2) is 11.5. The van der Waals surface area contributed by atoms with Gasteiger partial charge in [0, 0.05) is 23.1 Å². The second-order valence-corrected chi connectivity index (χ2v) is 10.6. The van der Waals surface area contributed by atoms with Crippen LogP contribution in [0, 0.1) is 12.9 Å². The lowest BCUT2D eigenvalue weighted by Gasteiger charge is -2.27. The van der Waals surface area contributed by atoms with Crippen LogP contribution in [0.15, 0.2) is 72.8 Å². The molecule has 8 heteroatoms. The second-order valence-electron chi connectivity index (χ2n) is 10.6. The number of rotatable bonds is 7. The summed E-state index contributed by atoms with van der Waals surface area (Å²) in [6.07, 6.45) is -1.42. The Bertz CT molecular complexity index is 1540. The van der Waals surface area contributed by atoms with Gasteiger partial charge in [-0.3, -0.25) is 14.6 Å². The van der Waals surface area contributed by atoms with Gasteiger partial charge in [0.15, 0.2) is 0 Å². The number of halogens is 2. The number of benzene rings is 2. The predicted molar refractivity (Wildman–Crippen MR) is 150 cm³/mol. The molecular weight excluding hydrogens is 510 g/mol. The molecule has 1 aliphatic heterocycles. The normalized spacial score (nSPS) is 17.8. The molecule has 3 unspecified atom stereocenters. The molecule has 3 atom stereocenters. The third-order valence-electron chi connectivity index (χ3n) is 7.41. The number of hydrogen-bond acceptors (Lipinski definition) is 4. The van der Waals surface area contributed by atoms with Crippen molar-refractivity contribution < 1.29 is 18.4 Å². The molecule has 0 aliphatic carbocycles. The number of aromatic nitrogens is 2. The highest BCUT2D eigenvalue weighted by atomic mass is 19.1. The van der Waals surface area contributed by atoms with Crippen LogP contribution < -0.4 is 5.32 Å². The maximum Gasteiger partial charge on any atom is 0.243 e. The van der Waals surface area contributed by atoms with Crippen LogP contribution in [-0.2, 0) is 16.0 Å². The van der Waals surface area contributed by atoms with Gasteiger partial charge in [0.2, 0.25) is 17.8 Å². The fourth-order valence-electron chi connectivity index (χ4n) is 5.31. The lowest BCUT2D eigenvalue weighted by Crippen LogP contribution is -2.47. The number of aryl methyl sites for hydroxylation is 1. The zero-order valence-corrected chi connectivity index (χ0v) is 22.8. The first-order valence-electron chi connectivity index (χ1n) is 13.5. The molecule has 6 nitrogen and oxygen atoms in total. The summed E-state index contributed by atoms with van der Waals surface area (Å²) in [5, 5.41) is 3.78. The van der Waals surface area contributed by atoms with E-state index in [1.807, 2.05) is 81.4 Å². The average Bonchev–Trinajstić information content (AvgIpc) is 3.33. The van der Waals surface area contributed by atoms with E-state index in [1.165, 1.54) is 4.90 Å². The van der Waals surface area contributed by atoms with Crippen molar-refractivity contribution in [3.05, 3.63) is 107 Å². The van der Waals surface area contributed by atoms with Crippen molar-refractivity contribution in [1.82, 2.24) is 20.2 Å². The van der Waals surface area contributed by atoms with Gasteiger partial charge in [-0.2, -0.15) is 4.39 Å². The first-order valence-corrected chi connectivity index (χ1v) is 13.5. The molecule has 1 fully saturated rings. The minimum Gasteiger partial charge on any atom is -0.342 e. The Labute approximate surface area is 232 Å². The van der Waals surface area contributed by atoms with Crippen molar-refractivity contribution in [2.45, 2.75) is 57.8 Å². The van der Waals surface area contributed by atoms with Crippen molar-refractivity contribution in [3.63, 3.8) is 0 Å². The number of pyridine rings is 2. The third-order valence-corrected chi connectivity index (χ3v) is 7.41. The van der Waals surface area contributed by atoms with Crippen LogP contribution in [0.5, 0.6) is 0 Å². The maximum atomic E-state index is 14.8. The lowest BCUT2D eigenvalue weighted by atomic mass is 9.99. The lowest BCUT2D eigenvalue weighted by molar-refractivity contribution is -0.138. The van der Waals surface area contributed by atoms with Gasteiger partial charge in [-0.1, -0.05) is 68.4 Å². The number of nitrogens with zero attached hydrogens (tertiary/aromatic N) is 3. The van der Waals surface area contributed by atoms with Crippen LogP contribution in [0.1, 0.15) is 60.3 Å². The number of nitrogens with one attached hydrogen (secondary N) is 1. The molecule has 1 saturated heterocycles. The van der Waals surface area contributed by atoms with Gasteiger partial charge in [0.25, 0.3) is 0 Å². The Morgan fingerprint density at radius 2 is 1.77 bits per heavy atom. The Hall–Kier alpha value is -4.20. The molecule has 0 bridgehead atoms. The molecule has 2 aromatic heterocycles. The summed E-state index contributed by atoms with van der Waals surface area (Å²) < 4.78 is 29.5. The van der Waals surface area contributed by atoms with Crippen LogP contribution in [0.3, 0.4) is 0 Å². The third kappa shape index (κ3) is 5.71.